The first-order valence-electron chi connectivity index (χ1n) is 8.62. The summed E-state index contributed by atoms with van der Waals surface area (Å²) in [5.41, 5.74) is 14.4. The van der Waals surface area contributed by atoms with E-state index < -0.39 is 0 Å². The van der Waals surface area contributed by atoms with Crippen LogP contribution in [0, 0.1) is 11.3 Å². The van der Waals surface area contributed by atoms with Crippen molar-refractivity contribution >= 4 is 34.9 Å². The van der Waals surface area contributed by atoms with Crippen LogP contribution in [0.5, 0.6) is 0 Å². The molecule has 3 aromatic rings. The van der Waals surface area contributed by atoms with Crippen LogP contribution in [0.2, 0.25) is 0 Å². The third kappa shape index (κ3) is 3.51. The van der Waals surface area contributed by atoms with E-state index in [4.69, 9.17) is 16.0 Å². The van der Waals surface area contributed by atoms with E-state index in [9.17, 15) is 0 Å². The Balaban J connectivity index is 1.57. The number of hydrazine groups is 2. The standard InChI is InChI=1S/C17H18N10S/c1-2-20-8-15-13(19)5-12(28-15)10-27-17-16(24-25-27)21-7-14(23-17)11-6-22-26(9-11)4-3-18/h5-9,25H,2,4,10,19H2,1H3,(H,21,24). The molecule has 10 nitrogen and oxygen atoms in total. The molecule has 0 unspecified atom stereocenters. The van der Waals surface area contributed by atoms with Gasteiger partial charge in [-0.3, -0.25) is 20.1 Å². The molecule has 0 aromatic carbocycles. The Morgan fingerprint density at radius 1 is 1.43 bits per heavy atom. The second-order valence-corrected chi connectivity index (χ2v) is 7.16. The summed E-state index contributed by atoms with van der Waals surface area (Å²) in [4.78, 5) is 15.4. The van der Waals surface area contributed by atoms with E-state index in [0.29, 0.717) is 29.6 Å². The van der Waals surface area contributed by atoms with Gasteiger partial charge in [-0.15, -0.1) is 16.9 Å². The van der Waals surface area contributed by atoms with E-state index in [2.05, 4.69) is 32.1 Å². The van der Waals surface area contributed by atoms with E-state index >= 15 is 0 Å². The lowest BCUT2D eigenvalue weighted by Gasteiger charge is -2.15. The lowest BCUT2D eigenvalue weighted by atomic mass is 10.2. The highest BCUT2D eigenvalue weighted by Crippen LogP contribution is 2.31. The fourth-order valence-electron chi connectivity index (χ4n) is 2.72. The maximum absolute atomic E-state index is 8.79. The number of aromatic nitrogens is 4. The van der Waals surface area contributed by atoms with Crippen molar-refractivity contribution in [3.8, 4) is 17.3 Å². The van der Waals surface area contributed by atoms with Crippen LogP contribution in [0.3, 0.4) is 0 Å². The molecule has 4 N–H and O–H groups in total. The van der Waals surface area contributed by atoms with Crippen LogP contribution in [-0.4, -0.2) is 32.5 Å². The van der Waals surface area contributed by atoms with E-state index in [1.54, 1.807) is 34.6 Å². The van der Waals surface area contributed by atoms with Crippen LogP contribution in [0.4, 0.5) is 17.3 Å². The lowest BCUT2D eigenvalue weighted by molar-refractivity contribution is 0.710. The number of nitriles is 1. The highest BCUT2D eigenvalue weighted by atomic mass is 32.1. The summed E-state index contributed by atoms with van der Waals surface area (Å²) < 4.78 is 1.56. The minimum absolute atomic E-state index is 0.192. The zero-order valence-corrected chi connectivity index (χ0v) is 15.9. The van der Waals surface area contributed by atoms with E-state index in [1.165, 1.54) is 0 Å². The Bertz CT molecular complexity index is 1060. The molecule has 142 valence electrons. The summed E-state index contributed by atoms with van der Waals surface area (Å²) in [6.07, 6.45) is 6.93. The maximum Gasteiger partial charge on any atom is 0.190 e. The van der Waals surface area contributed by atoms with Crippen LogP contribution in [0.25, 0.3) is 11.3 Å². The van der Waals surface area contributed by atoms with Crippen molar-refractivity contribution in [2.24, 2.45) is 4.99 Å². The van der Waals surface area contributed by atoms with Crippen LogP contribution >= 0.6 is 11.3 Å². The Kier molecular flexibility index (Phi) is 4.88. The van der Waals surface area contributed by atoms with Gasteiger partial charge in [0, 0.05) is 29.4 Å². The molecule has 0 aliphatic carbocycles. The van der Waals surface area contributed by atoms with E-state index in [-0.39, 0.29) is 6.54 Å². The number of thiophene rings is 1. The summed E-state index contributed by atoms with van der Waals surface area (Å²) in [6, 6.07) is 4.01. The van der Waals surface area contributed by atoms with Gasteiger partial charge in [0.25, 0.3) is 0 Å². The number of nitrogens with one attached hydrogen (secondary N) is 2. The average Bonchev–Trinajstić information content (AvgIpc) is 3.40. The second-order valence-electron chi connectivity index (χ2n) is 6.00. The summed E-state index contributed by atoms with van der Waals surface area (Å²) in [5, 5.41) is 14.8. The molecule has 0 amide bonds. The highest BCUT2D eigenvalue weighted by molar-refractivity contribution is 7.14. The van der Waals surface area contributed by atoms with Crippen LogP contribution in [0.1, 0.15) is 16.7 Å². The Morgan fingerprint density at radius 3 is 3.14 bits per heavy atom. The van der Waals surface area contributed by atoms with Crippen molar-refractivity contribution in [2.75, 3.05) is 22.7 Å². The van der Waals surface area contributed by atoms with Gasteiger partial charge in [0.15, 0.2) is 11.6 Å². The fraction of sp³-hybridized carbons (Fsp3) is 0.235. The van der Waals surface area contributed by atoms with E-state index in [1.807, 2.05) is 24.2 Å². The van der Waals surface area contributed by atoms with Gasteiger partial charge in [-0.05, 0) is 13.0 Å². The number of aliphatic imine (C=N–C) groups is 1. The predicted octanol–water partition coefficient (Wildman–Crippen LogP) is 1.80. The molecule has 28 heavy (non-hydrogen) atoms. The minimum Gasteiger partial charge on any atom is -0.398 e. The van der Waals surface area contributed by atoms with E-state index in [0.717, 1.165) is 21.9 Å². The molecule has 1 aliphatic rings. The molecule has 0 spiro atoms. The number of hydrogen-bond donors (Lipinski definition) is 3. The zero-order valence-electron chi connectivity index (χ0n) is 15.1. The normalized spacial score (nSPS) is 12.9. The number of anilines is 3. The Morgan fingerprint density at radius 2 is 2.32 bits per heavy atom. The molecule has 0 saturated carbocycles. The van der Waals surface area contributed by atoms with Crippen LogP contribution < -0.4 is 21.7 Å². The van der Waals surface area contributed by atoms with Gasteiger partial charge in [0.1, 0.15) is 6.54 Å². The molecule has 4 heterocycles. The molecular weight excluding hydrogens is 376 g/mol. The highest BCUT2D eigenvalue weighted by Gasteiger charge is 2.23. The molecule has 0 saturated heterocycles. The molecule has 11 heteroatoms. The molecule has 0 fully saturated rings. The van der Waals surface area contributed by atoms with Crippen molar-refractivity contribution in [3.63, 3.8) is 0 Å². The van der Waals surface area contributed by atoms with Gasteiger partial charge >= 0.3 is 0 Å². The van der Waals surface area contributed by atoms with Crippen molar-refractivity contribution in [1.82, 2.24) is 25.3 Å². The first kappa shape index (κ1) is 17.9. The topological polar surface area (TPSA) is 133 Å². The summed E-state index contributed by atoms with van der Waals surface area (Å²) in [5.74, 6) is 1.33. The number of fused-ring (bicyclic) bond motifs is 1. The quantitative estimate of drug-likeness (QED) is 0.539. The van der Waals surface area contributed by atoms with Crippen molar-refractivity contribution in [2.45, 2.75) is 20.0 Å². The second kappa shape index (κ2) is 7.63. The molecule has 0 bridgehead atoms. The Labute approximate surface area is 165 Å². The summed E-state index contributed by atoms with van der Waals surface area (Å²) >= 11 is 1.59. The number of nitrogen functional groups attached to an aromatic ring is 1. The summed E-state index contributed by atoms with van der Waals surface area (Å²) in [6.45, 7) is 3.47. The zero-order chi connectivity index (χ0) is 19.5. The van der Waals surface area contributed by atoms with Crippen molar-refractivity contribution in [3.05, 3.63) is 34.4 Å². The Hall–Kier alpha value is -3.49. The monoisotopic (exact) mass is 394 g/mol. The van der Waals surface area contributed by atoms with Crippen molar-refractivity contribution < 1.29 is 0 Å². The third-order valence-corrected chi connectivity index (χ3v) is 5.10. The number of rotatable bonds is 6. The summed E-state index contributed by atoms with van der Waals surface area (Å²) in [7, 11) is 0. The average molecular weight is 394 g/mol. The van der Waals surface area contributed by atoms with Gasteiger partial charge < -0.3 is 5.73 Å². The molecule has 0 atom stereocenters. The number of nitrogens with zero attached hydrogens (tertiary/aromatic N) is 7. The van der Waals surface area contributed by atoms with Crippen molar-refractivity contribution in [1.29, 1.82) is 5.26 Å². The van der Waals surface area contributed by atoms with Gasteiger partial charge in [0.05, 0.1) is 41.3 Å². The smallest absolute Gasteiger partial charge is 0.190 e. The van der Waals surface area contributed by atoms with Gasteiger partial charge in [-0.25, -0.2) is 9.97 Å². The molecule has 0 radical (unpaired) electrons. The SMILES string of the molecule is CCN=Cc1sc(CN2NNc3ncc(-c4cnn(CC#N)c4)nc32)cc1N. The predicted molar refractivity (Wildman–Crippen MR) is 109 cm³/mol. The third-order valence-electron chi connectivity index (χ3n) is 4.03. The first-order valence-corrected chi connectivity index (χ1v) is 9.43. The van der Waals surface area contributed by atoms with Gasteiger partial charge in [-0.1, -0.05) is 0 Å². The van der Waals surface area contributed by atoms with Crippen LogP contribution in [0.15, 0.2) is 29.6 Å². The largest absolute Gasteiger partial charge is 0.398 e. The lowest BCUT2D eigenvalue weighted by Crippen LogP contribution is -2.35. The molecule has 1 aliphatic heterocycles. The number of nitrogens with two attached hydrogens (primary N) is 1. The molecule has 4 rings (SSSR count). The van der Waals surface area contributed by atoms with Crippen LogP contribution in [-0.2, 0) is 13.1 Å². The van der Waals surface area contributed by atoms with Gasteiger partial charge in [0.2, 0.25) is 0 Å². The minimum atomic E-state index is 0.192. The number of hydrogen-bond acceptors (Lipinski definition) is 10. The van der Waals surface area contributed by atoms with Gasteiger partial charge in [-0.2, -0.15) is 10.4 Å². The maximum atomic E-state index is 8.79. The molecule has 3 aromatic heterocycles. The molecular formula is C17H18N10S. The fourth-order valence-corrected chi connectivity index (χ4v) is 3.69. The first-order chi connectivity index (χ1) is 13.7.